The highest BCUT2D eigenvalue weighted by atomic mass is 16.5. The van der Waals surface area contributed by atoms with Crippen LogP contribution in [-0.4, -0.2) is 68.5 Å². The fourth-order valence-electron chi connectivity index (χ4n) is 2.70. The van der Waals surface area contributed by atoms with Gasteiger partial charge in [-0.15, -0.1) is 0 Å². The second-order valence-corrected chi connectivity index (χ2v) is 6.38. The van der Waals surface area contributed by atoms with Crippen molar-refractivity contribution in [2.24, 2.45) is 0 Å². The van der Waals surface area contributed by atoms with Gasteiger partial charge in [-0.2, -0.15) is 0 Å². The van der Waals surface area contributed by atoms with Gasteiger partial charge in [-0.3, -0.25) is 14.4 Å². The minimum Gasteiger partial charge on any atom is -0.497 e. The molecule has 2 rings (SSSR count). The van der Waals surface area contributed by atoms with Crippen LogP contribution in [-0.2, 0) is 14.4 Å². The van der Waals surface area contributed by atoms with Gasteiger partial charge in [0.15, 0.2) is 0 Å². The van der Waals surface area contributed by atoms with Crippen LogP contribution in [0.4, 0.5) is 5.69 Å². The smallest absolute Gasteiger partial charge is 0.309 e. The lowest BCUT2D eigenvalue weighted by Crippen LogP contribution is -2.52. The van der Waals surface area contributed by atoms with Crippen LogP contribution in [0.15, 0.2) is 24.3 Å². The Bertz CT molecular complexity index is 654. The average molecular weight is 362 g/mol. The first-order valence-electron chi connectivity index (χ1n) is 8.66. The Labute approximate surface area is 153 Å². The molecule has 0 unspecified atom stereocenters. The van der Waals surface area contributed by atoms with Crippen LogP contribution in [0.5, 0.6) is 5.75 Å². The zero-order valence-electron chi connectivity index (χ0n) is 15.4. The standard InChI is InChI=1S/C18H26N4O4/c1-13(2)20-18(25)17(24)19-12-16(23)22-9-7-21(8-10-22)14-5-4-6-15(11-14)26-3/h4-6,11,13H,7-10,12H2,1-3H3,(H,19,24)(H,20,25). The maximum Gasteiger partial charge on any atom is 0.309 e. The molecule has 8 heteroatoms. The van der Waals surface area contributed by atoms with Crippen molar-refractivity contribution in [1.82, 2.24) is 15.5 Å². The number of nitrogens with zero attached hydrogens (tertiary/aromatic N) is 2. The number of benzene rings is 1. The quantitative estimate of drug-likeness (QED) is 0.719. The largest absolute Gasteiger partial charge is 0.497 e. The van der Waals surface area contributed by atoms with Gasteiger partial charge in [-0.25, -0.2) is 0 Å². The van der Waals surface area contributed by atoms with Crippen LogP contribution in [0.2, 0.25) is 0 Å². The first-order chi connectivity index (χ1) is 12.4. The second kappa shape index (κ2) is 9.07. The summed E-state index contributed by atoms with van der Waals surface area (Å²) in [5.74, 6) is -0.915. The third kappa shape index (κ3) is 5.37. The minimum absolute atomic E-state index is 0.131. The van der Waals surface area contributed by atoms with Crippen molar-refractivity contribution in [2.75, 3.05) is 44.7 Å². The van der Waals surface area contributed by atoms with E-state index in [0.717, 1.165) is 11.4 Å². The molecule has 0 saturated carbocycles. The monoisotopic (exact) mass is 362 g/mol. The van der Waals surface area contributed by atoms with E-state index in [-0.39, 0.29) is 18.5 Å². The predicted molar refractivity (Wildman–Crippen MR) is 98.1 cm³/mol. The van der Waals surface area contributed by atoms with Crippen LogP contribution < -0.4 is 20.3 Å². The normalized spacial score (nSPS) is 14.2. The summed E-state index contributed by atoms with van der Waals surface area (Å²) in [6.07, 6.45) is 0. The number of hydrogen-bond donors (Lipinski definition) is 2. The number of methoxy groups -OCH3 is 1. The van der Waals surface area contributed by atoms with E-state index < -0.39 is 11.8 Å². The fourth-order valence-corrected chi connectivity index (χ4v) is 2.70. The molecule has 0 aromatic heterocycles. The van der Waals surface area contributed by atoms with Gasteiger partial charge in [0.25, 0.3) is 0 Å². The van der Waals surface area contributed by atoms with Gasteiger partial charge in [-0.05, 0) is 26.0 Å². The highest BCUT2D eigenvalue weighted by Gasteiger charge is 2.23. The Morgan fingerprint density at radius 3 is 2.42 bits per heavy atom. The van der Waals surface area contributed by atoms with Crippen molar-refractivity contribution in [3.8, 4) is 5.75 Å². The molecule has 1 saturated heterocycles. The van der Waals surface area contributed by atoms with Gasteiger partial charge in [-0.1, -0.05) is 6.07 Å². The molecule has 0 radical (unpaired) electrons. The summed E-state index contributed by atoms with van der Waals surface area (Å²) >= 11 is 0. The van der Waals surface area contributed by atoms with Crippen molar-refractivity contribution in [1.29, 1.82) is 0 Å². The fraction of sp³-hybridized carbons (Fsp3) is 0.500. The number of carbonyl (C=O) groups is 3. The molecule has 1 aliphatic rings. The molecule has 0 bridgehead atoms. The molecule has 1 aromatic rings. The minimum atomic E-state index is -0.790. The van der Waals surface area contributed by atoms with E-state index >= 15 is 0 Å². The van der Waals surface area contributed by atoms with Crippen molar-refractivity contribution in [3.63, 3.8) is 0 Å². The summed E-state index contributed by atoms with van der Waals surface area (Å²) < 4.78 is 5.24. The van der Waals surface area contributed by atoms with Gasteiger partial charge in [0.1, 0.15) is 5.75 Å². The lowest BCUT2D eigenvalue weighted by atomic mass is 10.2. The first kappa shape index (κ1) is 19.6. The zero-order valence-corrected chi connectivity index (χ0v) is 15.4. The molecule has 8 nitrogen and oxygen atoms in total. The number of hydrogen-bond acceptors (Lipinski definition) is 5. The maximum absolute atomic E-state index is 12.2. The topological polar surface area (TPSA) is 91.0 Å². The number of rotatable bonds is 5. The Kier molecular flexibility index (Phi) is 6.82. The van der Waals surface area contributed by atoms with E-state index in [1.807, 2.05) is 24.3 Å². The summed E-state index contributed by atoms with van der Waals surface area (Å²) in [4.78, 5) is 39.3. The van der Waals surface area contributed by atoms with Crippen LogP contribution in [0.1, 0.15) is 13.8 Å². The molecule has 0 spiro atoms. The summed E-state index contributed by atoms with van der Waals surface area (Å²) in [6, 6.07) is 7.66. The number of amides is 3. The highest BCUT2D eigenvalue weighted by molar-refractivity contribution is 6.35. The summed E-state index contributed by atoms with van der Waals surface area (Å²) in [5.41, 5.74) is 1.05. The molecule has 1 heterocycles. The van der Waals surface area contributed by atoms with E-state index in [1.54, 1.807) is 25.9 Å². The Balaban J connectivity index is 1.79. The molecule has 142 valence electrons. The molecule has 0 aliphatic carbocycles. The van der Waals surface area contributed by atoms with E-state index in [9.17, 15) is 14.4 Å². The van der Waals surface area contributed by atoms with Gasteiger partial charge < -0.3 is 25.2 Å². The van der Waals surface area contributed by atoms with E-state index in [2.05, 4.69) is 15.5 Å². The third-order valence-electron chi connectivity index (χ3n) is 4.08. The molecule has 26 heavy (non-hydrogen) atoms. The molecule has 2 N–H and O–H groups in total. The summed E-state index contributed by atoms with van der Waals surface area (Å²) in [5, 5.41) is 4.86. The van der Waals surface area contributed by atoms with Crippen LogP contribution in [0.25, 0.3) is 0 Å². The number of anilines is 1. The molecule has 0 atom stereocenters. The molecule has 1 aliphatic heterocycles. The molecule has 3 amide bonds. The van der Waals surface area contributed by atoms with Crippen molar-refractivity contribution in [3.05, 3.63) is 24.3 Å². The van der Waals surface area contributed by atoms with Crippen LogP contribution in [0.3, 0.4) is 0 Å². The highest BCUT2D eigenvalue weighted by Crippen LogP contribution is 2.22. The van der Waals surface area contributed by atoms with Crippen LogP contribution >= 0.6 is 0 Å². The Morgan fingerprint density at radius 1 is 1.12 bits per heavy atom. The van der Waals surface area contributed by atoms with E-state index in [4.69, 9.17) is 4.74 Å². The number of piperazine rings is 1. The van der Waals surface area contributed by atoms with E-state index in [0.29, 0.717) is 26.2 Å². The lowest BCUT2D eigenvalue weighted by molar-refractivity contribution is -0.140. The number of nitrogens with one attached hydrogen (secondary N) is 2. The summed E-state index contributed by atoms with van der Waals surface area (Å²) in [6.45, 7) is 5.86. The second-order valence-electron chi connectivity index (χ2n) is 6.38. The maximum atomic E-state index is 12.2. The van der Waals surface area contributed by atoms with Crippen molar-refractivity contribution in [2.45, 2.75) is 19.9 Å². The number of ether oxygens (including phenoxy) is 1. The predicted octanol–water partition coefficient (Wildman–Crippen LogP) is -0.0154. The Hall–Kier alpha value is -2.77. The number of carbonyl (C=O) groups excluding carboxylic acids is 3. The lowest BCUT2D eigenvalue weighted by Gasteiger charge is -2.36. The molecular weight excluding hydrogens is 336 g/mol. The van der Waals surface area contributed by atoms with Gasteiger partial charge >= 0.3 is 11.8 Å². The third-order valence-corrected chi connectivity index (χ3v) is 4.08. The van der Waals surface area contributed by atoms with Crippen LogP contribution in [0, 0.1) is 0 Å². The first-order valence-corrected chi connectivity index (χ1v) is 8.66. The average Bonchev–Trinajstić information content (AvgIpc) is 2.65. The van der Waals surface area contributed by atoms with Crippen molar-refractivity contribution >= 4 is 23.4 Å². The SMILES string of the molecule is COc1cccc(N2CCN(C(=O)CNC(=O)C(=O)NC(C)C)CC2)c1. The molecule has 1 fully saturated rings. The summed E-state index contributed by atoms with van der Waals surface area (Å²) in [7, 11) is 1.63. The zero-order chi connectivity index (χ0) is 19.1. The van der Waals surface area contributed by atoms with Gasteiger partial charge in [0, 0.05) is 44.0 Å². The van der Waals surface area contributed by atoms with Crippen molar-refractivity contribution < 1.29 is 19.1 Å². The van der Waals surface area contributed by atoms with E-state index in [1.165, 1.54) is 0 Å². The molecule has 1 aromatic carbocycles. The van der Waals surface area contributed by atoms with Gasteiger partial charge in [0.2, 0.25) is 5.91 Å². The van der Waals surface area contributed by atoms with Gasteiger partial charge in [0.05, 0.1) is 13.7 Å². The Morgan fingerprint density at radius 2 is 1.81 bits per heavy atom. The molecular formula is C18H26N4O4.